The summed E-state index contributed by atoms with van der Waals surface area (Å²) in [6, 6.07) is -0.570. The van der Waals surface area contributed by atoms with Crippen molar-refractivity contribution in [2.24, 2.45) is 0 Å². The predicted molar refractivity (Wildman–Crippen MR) is 55.3 cm³/mol. The molecular weight excluding hydrogens is 196 g/mol. The van der Waals surface area contributed by atoms with Crippen LogP contribution in [0.3, 0.4) is 0 Å². The van der Waals surface area contributed by atoms with E-state index in [9.17, 15) is 9.59 Å². The molecule has 5 heteroatoms. The summed E-state index contributed by atoms with van der Waals surface area (Å²) in [5.41, 5.74) is 0. The highest BCUT2D eigenvalue weighted by Crippen LogP contribution is 2.18. The van der Waals surface area contributed by atoms with Crippen molar-refractivity contribution < 1.29 is 19.2 Å². The van der Waals surface area contributed by atoms with Crippen molar-refractivity contribution in [1.82, 2.24) is 4.90 Å². The Morgan fingerprint density at radius 2 is 2.07 bits per heavy atom. The lowest BCUT2D eigenvalue weighted by atomic mass is 10.3. The fourth-order valence-corrected chi connectivity index (χ4v) is 1.77. The number of likely N-dealkylation sites (N-methyl/N-ethyl adjacent to an activating group) is 1. The second-order valence-electron chi connectivity index (χ2n) is 4.72. The van der Waals surface area contributed by atoms with Gasteiger partial charge in [0.25, 0.3) is 5.91 Å². The molecule has 1 rings (SSSR count). The van der Waals surface area contributed by atoms with E-state index in [4.69, 9.17) is 5.11 Å². The van der Waals surface area contributed by atoms with Gasteiger partial charge in [-0.05, 0) is 6.42 Å². The average molecular weight is 215 g/mol. The molecule has 5 nitrogen and oxygen atoms in total. The number of carboxylic acid groups (broad SMARTS) is 1. The lowest BCUT2D eigenvalue weighted by Gasteiger charge is -2.28. The van der Waals surface area contributed by atoms with Gasteiger partial charge in [0, 0.05) is 0 Å². The molecule has 0 radical (unpaired) electrons. The Morgan fingerprint density at radius 3 is 2.47 bits per heavy atom. The van der Waals surface area contributed by atoms with Crippen LogP contribution in [0.4, 0.5) is 0 Å². The third-order valence-corrected chi connectivity index (χ3v) is 2.61. The number of amides is 1. The van der Waals surface area contributed by atoms with Crippen molar-refractivity contribution in [2.75, 3.05) is 33.7 Å². The normalized spacial score (nSPS) is 20.2. The van der Waals surface area contributed by atoms with Crippen molar-refractivity contribution >= 4 is 11.9 Å². The molecular formula is C10H19N2O3+. The zero-order valence-corrected chi connectivity index (χ0v) is 9.56. The summed E-state index contributed by atoms with van der Waals surface area (Å²) < 4.78 is 0.623. The van der Waals surface area contributed by atoms with Gasteiger partial charge in [0.15, 0.2) is 6.54 Å². The summed E-state index contributed by atoms with van der Waals surface area (Å²) in [4.78, 5) is 23.6. The van der Waals surface area contributed by atoms with Crippen LogP contribution in [0.15, 0.2) is 0 Å². The van der Waals surface area contributed by atoms with E-state index in [1.54, 1.807) is 0 Å². The Bertz CT molecular complexity index is 276. The first-order chi connectivity index (χ1) is 6.87. The first-order valence-electron chi connectivity index (χ1n) is 5.21. The molecule has 1 heterocycles. The van der Waals surface area contributed by atoms with Gasteiger partial charge in [-0.2, -0.15) is 0 Å². The van der Waals surface area contributed by atoms with Crippen molar-refractivity contribution in [1.29, 1.82) is 0 Å². The molecule has 0 aromatic rings. The zero-order chi connectivity index (χ0) is 11.6. The summed E-state index contributed by atoms with van der Waals surface area (Å²) in [7, 11) is 3.97. The fourth-order valence-electron chi connectivity index (χ4n) is 1.77. The quantitative estimate of drug-likeness (QED) is 0.509. The minimum absolute atomic E-state index is 0.0548. The Labute approximate surface area is 89.9 Å². The van der Waals surface area contributed by atoms with Gasteiger partial charge in [0.05, 0.1) is 27.2 Å². The number of aliphatic carboxylic acids is 1. The van der Waals surface area contributed by atoms with E-state index < -0.39 is 12.0 Å². The number of rotatable bonds is 5. The minimum Gasteiger partial charge on any atom is -0.480 e. The fraction of sp³-hybridized carbons (Fsp3) is 0.800. The molecule has 0 aromatic carbocycles. The summed E-state index contributed by atoms with van der Waals surface area (Å²) in [5.74, 6) is -0.954. The molecule has 1 amide bonds. The lowest BCUT2D eigenvalue weighted by molar-refractivity contribution is -0.882. The largest absolute Gasteiger partial charge is 0.480 e. The number of carboxylic acids is 1. The Kier molecular flexibility index (Phi) is 3.34. The highest BCUT2D eigenvalue weighted by atomic mass is 16.4. The maximum absolute atomic E-state index is 11.7. The van der Waals surface area contributed by atoms with Crippen LogP contribution in [0.2, 0.25) is 0 Å². The van der Waals surface area contributed by atoms with Gasteiger partial charge in [-0.15, -0.1) is 0 Å². The summed E-state index contributed by atoms with van der Waals surface area (Å²) in [6.45, 7) is 3.76. The van der Waals surface area contributed by atoms with Gasteiger partial charge in [-0.1, -0.05) is 6.92 Å². The van der Waals surface area contributed by atoms with Crippen LogP contribution in [0.25, 0.3) is 0 Å². The molecule has 1 atom stereocenters. The molecule has 1 N–H and O–H groups in total. The van der Waals surface area contributed by atoms with Crippen molar-refractivity contribution in [3.63, 3.8) is 0 Å². The van der Waals surface area contributed by atoms with Gasteiger partial charge < -0.3 is 14.5 Å². The number of quaternary nitrogens is 1. The Morgan fingerprint density at radius 1 is 1.47 bits per heavy atom. The first kappa shape index (κ1) is 12.0. The summed E-state index contributed by atoms with van der Waals surface area (Å²) in [6.07, 6.45) is 1.02. The number of carbonyl (C=O) groups excluding carboxylic acids is 1. The number of hydrogen-bond acceptors (Lipinski definition) is 2. The van der Waals surface area contributed by atoms with E-state index in [0.29, 0.717) is 17.6 Å². The maximum atomic E-state index is 11.7. The molecule has 0 bridgehead atoms. The van der Waals surface area contributed by atoms with Crippen LogP contribution in [0.1, 0.15) is 13.3 Å². The SMILES string of the molecule is CCC[N+](C)(C)CC(=O)N1CC1C(=O)O. The van der Waals surface area contributed by atoms with E-state index in [1.807, 2.05) is 14.1 Å². The van der Waals surface area contributed by atoms with Gasteiger partial charge >= 0.3 is 5.97 Å². The monoisotopic (exact) mass is 215 g/mol. The predicted octanol–water partition coefficient (Wildman–Crippen LogP) is -0.232. The van der Waals surface area contributed by atoms with Gasteiger partial charge in [-0.25, -0.2) is 4.79 Å². The van der Waals surface area contributed by atoms with Crippen LogP contribution >= 0.6 is 0 Å². The summed E-state index contributed by atoms with van der Waals surface area (Å²) >= 11 is 0. The molecule has 15 heavy (non-hydrogen) atoms. The van der Waals surface area contributed by atoms with Crippen molar-refractivity contribution in [2.45, 2.75) is 19.4 Å². The van der Waals surface area contributed by atoms with Gasteiger partial charge in [0.2, 0.25) is 0 Å². The van der Waals surface area contributed by atoms with Crippen molar-refractivity contribution in [3.8, 4) is 0 Å². The standard InChI is InChI=1S/C10H18N2O3/c1-4-5-12(2,3)7-9(13)11-6-8(11)10(14)15/h8H,4-7H2,1-3H3/p+1. The Hall–Kier alpha value is -1.10. The van der Waals surface area contributed by atoms with Crippen LogP contribution in [-0.4, -0.2) is 66.1 Å². The molecule has 1 saturated heterocycles. The molecule has 0 aromatic heterocycles. The third-order valence-electron chi connectivity index (χ3n) is 2.61. The first-order valence-corrected chi connectivity index (χ1v) is 5.21. The van der Waals surface area contributed by atoms with E-state index in [-0.39, 0.29) is 5.91 Å². The highest BCUT2D eigenvalue weighted by molar-refractivity contribution is 5.89. The lowest BCUT2D eigenvalue weighted by Crippen LogP contribution is -2.46. The molecule has 1 aliphatic rings. The van der Waals surface area contributed by atoms with E-state index in [2.05, 4.69) is 6.92 Å². The topological polar surface area (TPSA) is 57.4 Å². The minimum atomic E-state index is -0.899. The molecule has 0 aliphatic carbocycles. The Balaban J connectivity index is 2.41. The van der Waals surface area contributed by atoms with Crippen LogP contribution < -0.4 is 0 Å². The molecule has 1 unspecified atom stereocenters. The van der Waals surface area contributed by atoms with E-state index in [1.165, 1.54) is 4.90 Å². The molecule has 1 aliphatic heterocycles. The summed E-state index contributed by atoms with van der Waals surface area (Å²) in [5, 5.41) is 8.68. The highest BCUT2D eigenvalue weighted by Gasteiger charge is 2.45. The second-order valence-corrected chi connectivity index (χ2v) is 4.72. The van der Waals surface area contributed by atoms with E-state index in [0.717, 1.165) is 13.0 Å². The zero-order valence-electron chi connectivity index (χ0n) is 9.56. The average Bonchev–Trinajstić information content (AvgIpc) is 2.80. The van der Waals surface area contributed by atoms with Crippen molar-refractivity contribution in [3.05, 3.63) is 0 Å². The van der Waals surface area contributed by atoms with Crippen LogP contribution in [0, 0.1) is 0 Å². The maximum Gasteiger partial charge on any atom is 0.328 e. The second kappa shape index (κ2) is 4.18. The van der Waals surface area contributed by atoms with Gasteiger partial charge in [0.1, 0.15) is 6.04 Å². The van der Waals surface area contributed by atoms with Crippen LogP contribution in [0.5, 0.6) is 0 Å². The number of nitrogens with zero attached hydrogens (tertiary/aromatic N) is 2. The number of hydrogen-bond donors (Lipinski definition) is 1. The third kappa shape index (κ3) is 3.20. The van der Waals surface area contributed by atoms with Gasteiger partial charge in [-0.3, -0.25) is 4.79 Å². The molecule has 86 valence electrons. The van der Waals surface area contributed by atoms with Crippen LogP contribution in [-0.2, 0) is 9.59 Å². The number of carbonyl (C=O) groups is 2. The molecule has 0 saturated carbocycles. The molecule has 0 spiro atoms. The smallest absolute Gasteiger partial charge is 0.328 e. The molecule has 1 fully saturated rings. The van der Waals surface area contributed by atoms with E-state index >= 15 is 0 Å².